The predicted molar refractivity (Wildman–Crippen MR) is 102 cm³/mol. The Morgan fingerprint density at radius 1 is 0.889 bits per heavy atom. The highest BCUT2D eigenvalue weighted by atomic mass is 16.5. The quantitative estimate of drug-likeness (QED) is 0.681. The van der Waals surface area contributed by atoms with Crippen LogP contribution in [0.3, 0.4) is 0 Å². The molecule has 0 bridgehead atoms. The van der Waals surface area contributed by atoms with E-state index < -0.39 is 23.9 Å². The second-order valence-corrected chi connectivity index (χ2v) is 6.04. The Labute approximate surface area is 155 Å². The number of nitrogens with one attached hydrogen (secondary N) is 1. The van der Waals surface area contributed by atoms with Gasteiger partial charge in [0, 0.05) is 11.3 Å². The number of benzene rings is 3. The monoisotopic (exact) mass is 362 g/mol. The molecule has 3 aromatic rings. The van der Waals surface area contributed by atoms with Crippen molar-refractivity contribution in [1.82, 2.24) is 0 Å². The molecule has 0 aliphatic carbocycles. The fraction of sp³-hybridized carbons (Fsp3) is 0.0952. The van der Waals surface area contributed by atoms with Crippen molar-refractivity contribution in [2.24, 2.45) is 5.73 Å². The van der Waals surface area contributed by atoms with E-state index in [1.165, 1.54) is 19.1 Å². The van der Waals surface area contributed by atoms with Crippen molar-refractivity contribution < 1.29 is 19.1 Å². The van der Waals surface area contributed by atoms with E-state index in [4.69, 9.17) is 10.5 Å². The molecule has 0 aromatic heterocycles. The van der Waals surface area contributed by atoms with Gasteiger partial charge in [-0.3, -0.25) is 9.59 Å². The van der Waals surface area contributed by atoms with E-state index in [0.717, 1.165) is 10.8 Å². The Hall–Kier alpha value is -3.67. The van der Waals surface area contributed by atoms with Crippen molar-refractivity contribution in [3.05, 3.63) is 77.9 Å². The number of nitrogens with two attached hydrogens (primary N) is 1. The van der Waals surface area contributed by atoms with Gasteiger partial charge in [0.1, 0.15) is 0 Å². The van der Waals surface area contributed by atoms with E-state index in [-0.39, 0.29) is 0 Å². The zero-order valence-corrected chi connectivity index (χ0v) is 14.6. The average molecular weight is 362 g/mol. The van der Waals surface area contributed by atoms with Crippen LogP contribution in [0, 0.1) is 0 Å². The number of carbonyl (C=O) groups is 3. The first-order valence-corrected chi connectivity index (χ1v) is 8.34. The van der Waals surface area contributed by atoms with E-state index in [1.807, 2.05) is 30.3 Å². The molecule has 0 saturated carbocycles. The third-order valence-corrected chi connectivity index (χ3v) is 4.08. The lowest BCUT2D eigenvalue weighted by Crippen LogP contribution is -2.30. The van der Waals surface area contributed by atoms with Crippen LogP contribution < -0.4 is 11.1 Å². The molecular formula is C21H18N2O4. The number of hydrogen-bond donors (Lipinski definition) is 2. The minimum atomic E-state index is -0.986. The number of rotatable bonds is 5. The van der Waals surface area contributed by atoms with Crippen LogP contribution in [0.15, 0.2) is 66.7 Å². The van der Waals surface area contributed by atoms with Gasteiger partial charge < -0.3 is 15.8 Å². The number of esters is 1. The Morgan fingerprint density at radius 3 is 2.19 bits per heavy atom. The zero-order valence-electron chi connectivity index (χ0n) is 14.6. The van der Waals surface area contributed by atoms with Crippen LogP contribution in [0.1, 0.15) is 27.6 Å². The summed E-state index contributed by atoms with van der Waals surface area (Å²) in [6.07, 6.45) is -0.986. The number of ether oxygens (including phenoxy) is 1. The van der Waals surface area contributed by atoms with Crippen LogP contribution in [0.5, 0.6) is 0 Å². The van der Waals surface area contributed by atoms with Crippen LogP contribution in [0.4, 0.5) is 5.69 Å². The summed E-state index contributed by atoms with van der Waals surface area (Å²) >= 11 is 0. The SMILES string of the molecule is C[C@@H](OC(=O)c1ccc2ccccc2c1)C(=O)Nc1ccc(C(N)=O)cc1. The van der Waals surface area contributed by atoms with E-state index in [2.05, 4.69) is 5.32 Å². The molecule has 3 N–H and O–H groups in total. The Balaban J connectivity index is 1.64. The maximum Gasteiger partial charge on any atom is 0.338 e. The van der Waals surface area contributed by atoms with Crippen molar-refractivity contribution in [1.29, 1.82) is 0 Å². The van der Waals surface area contributed by atoms with Gasteiger partial charge in [-0.15, -0.1) is 0 Å². The highest BCUT2D eigenvalue weighted by Gasteiger charge is 2.19. The molecule has 0 aliphatic heterocycles. The summed E-state index contributed by atoms with van der Waals surface area (Å²) in [4.78, 5) is 35.6. The first kappa shape index (κ1) is 18.1. The van der Waals surface area contributed by atoms with Crippen LogP contribution in [0.25, 0.3) is 10.8 Å². The summed E-state index contributed by atoms with van der Waals surface area (Å²) in [6, 6.07) is 19.0. The summed E-state index contributed by atoms with van der Waals surface area (Å²) in [5, 5.41) is 4.55. The molecule has 6 nitrogen and oxygen atoms in total. The van der Waals surface area contributed by atoms with Gasteiger partial charge in [-0.2, -0.15) is 0 Å². The number of amides is 2. The third-order valence-electron chi connectivity index (χ3n) is 4.08. The Kier molecular flexibility index (Phi) is 5.17. The van der Waals surface area contributed by atoms with Crippen LogP contribution in [-0.2, 0) is 9.53 Å². The van der Waals surface area contributed by atoms with Crippen molar-refractivity contribution in [2.75, 3.05) is 5.32 Å². The van der Waals surface area contributed by atoms with Gasteiger partial charge in [0.2, 0.25) is 5.91 Å². The first-order chi connectivity index (χ1) is 12.9. The summed E-state index contributed by atoms with van der Waals surface area (Å²) in [5.41, 5.74) is 6.36. The fourth-order valence-electron chi connectivity index (χ4n) is 2.56. The van der Waals surface area contributed by atoms with Crippen LogP contribution in [0.2, 0.25) is 0 Å². The lowest BCUT2D eigenvalue weighted by atomic mass is 10.1. The van der Waals surface area contributed by atoms with Gasteiger partial charge in [-0.05, 0) is 54.1 Å². The van der Waals surface area contributed by atoms with Crippen LogP contribution in [-0.4, -0.2) is 23.9 Å². The number of fused-ring (bicyclic) bond motifs is 1. The van der Waals surface area contributed by atoms with E-state index >= 15 is 0 Å². The van der Waals surface area contributed by atoms with Gasteiger partial charge in [0.15, 0.2) is 6.10 Å². The van der Waals surface area contributed by atoms with Crippen LogP contribution >= 0.6 is 0 Å². The van der Waals surface area contributed by atoms with Crippen molar-refractivity contribution >= 4 is 34.2 Å². The molecule has 27 heavy (non-hydrogen) atoms. The standard InChI is InChI=1S/C21H18N2O4/c1-13(20(25)23-18-10-8-15(9-11-18)19(22)24)27-21(26)17-7-6-14-4-2-3-5-16(14)12-17/h2-13H,1H3,(H2,22,24)(H,23,25)/t13-/m1/s1. The normalized spacial score (nSPS) is 11.6. The lowest BCUT2D eigenvalue weighted by molar-refractivity contribution is -0.123. The molecule has 6 heteroatoms. The van der Waals surface area contributed by atoms with Crippen molar-refractivity contribution in [3.63, 3.8) is 0 Å². The van der Waals surface area contributed by atoms with Gasteiger partial charge in [-0.25, -0.2) is 4.79 Å². The molecule has 136 valence electrons. The molecule has 0 spiro atoms. The molecule has 0 fully saturated rings. The molecular weight excluding hydrogens is 344 g/mol. The maximum absolute atomic E-state index is 12.3. The smallest absolute Gasteiger partial charge is 0.338 e. The Bertz CT molecular complexity index is 1010. The molecule has 0 saturated heterocycles. The van der Waals surface area contributed by atoms with Gasteiger partial charge in [0.25, 0.3) is 5.91 Å². The molecule has 2 amide bonds. The molecule has 0 aliphatic rings. The summed E-state index contributed by atoms with van der Waals surface area (Å²) in [6.45, 7) is 1.49. The highest BCUT2D eigenvalue weighted by molar-refractivity contribution is 5.99. The summed E-state index contributed by atoms with van der Waals surface area (Å²) in [5.74, 6) is -1.60. The first-order valence-electron chi connectivity index (χ1n) is 8.34. The molecule has 1 atom stereocenters. The Morgan fingerprint density at radius 2 is 1.52 bits per heavy atom. The van der Waals surface area contributed by atoms with Gasteiger partial charge >= 0.3 is 5.97 Å². The maximum atomic E-state index is 12.3. The zero-order chi connectivity index (χ0) is 19.4. The highest BCUT2D eigenvalue weighted by Crippen LogP contribution is 2.17. The lowest BCUT2D eigenvalue weighted by Gasteiger charge is -2.14. The van der Waals surface area contributed by atoms with Crippen molar-refractivity contribution in [2.45, 2.75) is 13.0 Å². The molecule has 3 rings (SSSR count). The summed E-state index contributed by atoms with van der Waals surface area (Å²) < 4.78 is 5.26. The molecule has 0 unspecified atom stereocenters. The number of anilines is 1. The number of primary amides is 1. The van der Waals surface area contributed by atoms with Gasteiger partial charge in [-0.1, -0.05) is 30.3 Å². The second-order valence-electron chi connectivity index (χ2n) is 6.04. The molecule has 0 radical (unpaired) electrons. The molecule has 0 heterocycles. The largest absolute Gasteiger partial charge is 0.449 e. The topological polar surface area (TPSA) is 98.5 Å². The number of carbonyl (C=O) groups excluding carboxylic acids is 3. The summed E-state index contributed by atoms with van der Waals surface area (Å²) in [7, 11) is 0. The number of hydrogen-bond acceptors (Lipinski definition) is 4. The third kappa shape index (κ3) is 4.30. The van der Waals surface area contributed by atoms with E-state index in [0.29, 0.717) is 16.8 Å². The van der Waals surface area contributed by atoms with Crippen molar-refractivity contribution in [3.8, 4) is 0 Å². The fourth-order valence-corrected chi connectivity index (χ4v) is 2.56. The average Bonchev–Trinajstić information content (AvgIpc) is 2.67. The predicted octanol–water partition coefficient (Wildman–Crippen LogP) is 3.12. The van der Waals surface area contributed by atoms with Gasteiger partial charge in [0.05, 0.1) is 5.56 Å². The molecule has 3 aromatic carbocycles. The van der Waals surface area contributed by atoms with E-state index in [1.54, 1.807) is 24.3 Å². The minimum Gasteiger partial charge on any atom is -0.449 e. The van der Waals surface area contributed by atoms with E-state index in [9.17, 15) is 14.4 Å². The minimum absolute atomic E-state index is 0.337. The second kappa shape index (κ2) is 7.70.